The molecule has 1 N–H and O–H groups in total. The maximum atomic E-state index is 12.8. The van der Waals surface area contributed by atoms with Crippen molar-refractivity contribution in [2.45, 2.75) is 39.2 Å². The third-order valence-corrected chi connectivity index (χ3v) is 5.09. The van der Waals surface area contributed by atoms with E-state index in [0.717, 1.165) is 23.3 Å². The van der Waals surface area contributed by atoms with Gasteiger partial charge in [0.25, 0.3) is 5.91 Å². The highest BCUT2D eigenvalue weighted by molar-refractivity contribution is 5.94. The lowest BCUT2D eigenvalue weighted by Gasteiger charge is -2.39. The van der Waals surface area contributed by atoms with Crippen molar-refractivity contribution in [3.8, 4) is 5.75 Å². The lowest BCUT2D eigenvalue weighted by molar-refractivity contribution is -0.0532. The fourth-order valence-electron chi connectivity index (χ4n) is 3.39. The number of likely N-dealkylation sites (tertiary alicyclic amines) is 1. The van der Waals surface area contributed by atoms with Crippen LogP contribution in [0.5, 0.6) is 5.75 Å². The standard InChI is InChI=1S/C22H27NO3/c1-16-6-4-7-19(12-16)21(24)23-11-5-10-22(25,14-23)15-26-20-9-8-17(2)18(3)13-20/h4,6-9,12-13,25H,5,10-11,14-15H2,1-3H3. The van der Waals surface area contributed by atoms with Crippen LogP contribution >= 0.6 is 0 Å². The summed E-state index contributed by atoms with van der Waals surface area (Å²) in [6.45, 7) is 7.22. The van der Waals surface area contributed by atoms with Gasteiger partial charge in [-0.05, 0) is 69.0 Å². The second kappa shape index (κ2) is 7.50. The molecule has 4 heteroatoms. The van der Waals surface area contributed by atoms with Crippen molar-refractivity contribution in [1.82, 2.24) is 4.90 Å². The number of ether oxygens (including phenoxy) is 1. The lowest BCUT2D eigenvalue weighted by Crippen LogP contribution is -2.53. The van der Waals surface area contributed by atoms with Crippen LogP contribution in [0.4, 0.5) is 0 Å². The Morgan fingerprint density at radius 2 is 1.96 bits per heavy atom. The number of benzene rings is 2. The van der Waals surface area contributed by atoms with Gasteiger partial charge in [0.2, 0.25) is 0 Å². The number of β-amino-alcohol motifs (C(OH)–C–C–N with tert-alkyl or cyclic N) is 1. The van der Waals surface area contributed by atoms with Crippen LogP contribution in [0.2, 0.25) is 0 Å². The summed E-state index contributed by atoms with van der Waals surface area (Å²) in [5, 5.41) is 11.0. The Morgan fingerprint density at radius 3 is 2.69 bits per heavy atom. The molecule has 0 saturated carbocycles. The Labute approximate surface area is 155 Å². The van der Waals surface area contributed by atoms with E-state index in [4.69, 9.17) is 4.74 Å². The van der Waals surface area contributed by atoms with Gasteiger partial charge in [-0.3, -0.25) is 4.79 Å². The highest BCUT2D eigenvalue weighted by Crippen LogP contribution is 2.25. The van der Waals surface area contributed by atoms with E-state index in [1.165, 1.54) is 5.56 Å². The minimum Gasteiger partial charge on any atom is -0.491 e. The molecule has 2 aromatic rings. The summed E-state index contributed by atoms with van der Waals surface area (Å²) in [4.78, 5) is 14.5. The predicted octanol–water partition coefficient (Wildman–Crippen LogP) is 3.66. The van der Waals surface area contributed by atoms with Gasteiger partial charge in [-0.15, -0.1) is 0 Å². The van der Waals surface area contributed by atoms with Crippen LogP contribution in [0.15, 0.2) is 42.5 Å². The monoisotopic (exact) mass is 353 g/mol. The van der Waals surface area contributed by atoms with E-state index in [1.807, 2.05) is 56.3 Å². The number of hydrogen-bond acceptors (Lipinski definition) is 3. The quantitative estimate of drug-likeness (QED) is 0.913. The zero-order valence-corrected chi connectivity index (χ0v) is 15.8. The number of piperidine rings is 1. The average molecular weight is 353 g/mol. The molecule has 1 amide bonds. The SMILES string of the molecule is Cc1cccc(C(=O)N2CCCC(O)(COc3ccc(C)c(C)c3)C2)c1. The first-order valence-corrected chi connectivity index (χ1v) is 9.15. The van der Waals surface area contributed by atoms with E-state index in [9.17, 15) is 9.90 Å². The second-order valence-corrected chi connectivity index (χ2v) is 7.46. The Bertz CT molecular complexity index is 802. The number of nitrogens with zero attached hydrogens (tertiary/aromatic N) is 1. The van der Waals surface area contributed by atoms with E-state index in [1.54, 1.807) is 4.90 Å². The summed E-state index contributed by atoms with van der Waals surface area (Å²) in [5.74, 6) is 0.724. The maximum Gasteiger partial charge on any atom is 0.253 e. The number of carbonyl (C=O) groups is 1. The molecular formula is C22H27NO3. The first-order chi connectivity index (χ1) is 12.4. The Kier molecular flexibility index (Phi) is 5.33. The molecule has 1 fully saturated rings. The van der Waals surface area contributed by atoms with Gasteiger partial charge in [0.1, 0.15) is 18.0 Å². The van der Waals surface area contributed by atoms with Crippen molar-refractivity contribution in [2.75, 3.05) is 19.7 Å². The smallest absolute Gasteiger partial charge is 0.253 e. The molecule has 0 spiro atoms. The number of rotatable bonds is 4. The van der Waals surface area contributed by atoms with Gasteiger partial charge >= 0.3 is 0 Å². The number of amides is 1. The van der Waals surface area contributed by atoms with Crippen molar-refractivity contribution < 1.29 is 14.6 Å². The molecule has 0 bridgehead atoms. The molecule has 138 valence electrons. The van der Waals surface area contributed by atoms with E-state index in [-0.39, 0.29) is 12.5 Å². The third-order valence-electron chi connectivity index (χ3n) is 5.09. The first kappa shape index (κ1) is 18.5. The summed E-state index contributed by atoms with van der Waals surface area (Å²) in [7, 11) is 0. The van der Waals surface area contributed by atoms with Gasteiger partial charge in [-0.1, -0.05) is 23.8 Å². The van der Waals surface area contributed by atoms with Crippen molar-refractivity contribution in [3.05, 3.63) is 64.7 Å². The normalized spacial score (nSPS) is 20.1. The summed E-state index contributed by atoms with van der Waals surface area (Å²) >= 11 is 0. The van der Waals surface area contributed by atoms with Gasteiger partial charge in [0.15, 0.2) is 0 Å². The molecule has 1 unspecified atom stereocenters. The maximum absolute atomic E-state index is 12.8. The van der Waals surface area contributed by atoms with E-state index >= 15 is 0 Å². The zero-order chi connectivity index (χ0) is 18.7. The number of aliphatic hydroxyl groups is 1. The first-order valence-electron chi connectivity index (χ1n) is 9.15. The van der Waals surface area contributed by atoms with E-state index in [0.29, 0.717) is 25.1 Å². The van der Waals surface area contributed by atoms with Crippen molar-refractivity contribution in [2.24, 2.45) is 0 Å². The van der Waals surface area contributed by atoms with Crippen LogP contribution in [0.1, 0.15) is 39.9 Å². The lowest BCUT2D eigenvalue weighted by atomic mass is 9.93. The van der Waals surface area contributed by atoms with Crippen molar-refractivity contribution >= 4 is 5.91 Å². The molecule has 1 saturated heterocycles. The van der Waals surface area contributed by atoms with Gasteiger partial charge in [-0.25, -0.2) is 0 Å². The van der Waals surface area contributed by atoms with Crippen LogP contribution in [0.3, 0.4) is 0 Å². The van der Waals surface area contributed by atoms with Crippen LogP contribution in [0.25, 0.3) is 0 Å². The molecule has 1 atom stereocenters. The van der Waals surface area contributed by atoms with Gasteiger partial charge in [0.05, 0.1) is 6.54 Å². The van der Waals surface area contributed by atoms with Crippen LogP contribution in [-0.2, 0) is 0 Å². The van der Waals surface area contributed by atoms with Crippen LogP contribution in [0, 0.1) is 20.8 Å². The Balaban J connectivity index is 1.66. The van der Waals surface area contributed by atoms with Crippen molar-refractivity contribution in [3.63, 3.8) is 0 Å². The van der Waals surface area contributed by atoms with Gasteiger partial charge < -0.3 is 14.7 Å². The second-order valence-electron chi connectivity index (χ2n) is 7.46. The molecular weight excluding hydrogens is 326 g/mol. The number of carbonyl (C=O) groups excluding carboxylic acids is 1. The molecule has 4 nitrogen and oxygen atoms in total. The van der Waals surface area contributed by atoms with Crippen LogP contribution < -0.4 is 4.74 Å². The molecule has 0 aromatic heterocycles. The fourth-order valence-corrected chi connectivity index (χ4v) is 3.39. The predicted molar refractivity (Wildman–Crippen MR) is 103 cm³/mol. The molecule has 2 aromatic carbocycles. The minimum atomic E-state index is -1.02. The summed E-state index contributed by atoms with van der Waals surface area (Å²) < 4.78 is 5.85. The molecule has 1 heterocycles. The molecule has 1 aliphatic heterocycles. The van der Waals surface area contributed by atoms with Crippen molar-refractivity contribution in [1.29, 1.82) is 0 Å². The minimum absolute atomic E-state index is 0.0296. The highest BCUT2D eigenvalue weighted by atomic mass is 16.5. The molecule has 1 aliphatic rings. The largest absolute Gasteiger partial charge is 0.491 e. The fraction of sp³-hybridized carbons (Fsp3) is 0.409. The molecule has 0 radical (unpaired) electrons. The molecule has 3 rings (SSSR count). The Hall–Kier alpha value is -2.33. The Morgan fingerprint density at radius 1 is 1.15 bits per heavy atom. The summed E-state index contributed by atoms with van der Waals surface area (Å²) in [5.41, 5.74) is 3.08. The van der Waals surface area contributed by atoms with Gasteiger partial charge in [-0.2, -0.15) is 0 Å². The average Bonchev–Trinajstić information content (AvgIpc) is 2.62. The third kappa shape index (κ3) is 4.25. The summed E-state index contributed by atoms with van der Waals surface area (Å²) in [6.07, 6.45) is 1.40. The highest BCUT2D eigenvalue weighted by Gasteiger charge is 2.36. The van der Waals surface area contributed by atoms with E-state index < -0.39 is 5.60 Å². The molecule has 26 heavy (non-hydrogen) atoms. The molecule has 0 aliphatic carbocycles. The summed E-state index contributed by atoms with van der Waals surface area (Å²) in [6, 6.07) is 13.5. The zero-order valence-electron chi connectivity index (χ0n) is 15.8. The topological polar surface area (TPSA) is 49.8 Å². The van der Waals surface area contributed by atoms with Crippen LogP contribution in [-0.4, -0.2) is 41.2 Å². The number of aryl methyl sites for hydroxylation is 3. The van der Waals surface area contributed by atoms with E-state index in [2.05, 4.69) is 6.92 Å². The number of hydrogen-bond donors (Lipinski definition) is 1. The van der Waals surface area contributed by atoms with Gasteiger partial charge in [0, 0.05) is 12.1 Å².